The van der Waals surface area contributed by atoms with Gasteiger partial charge in [-0.15, -0.1) is 6.42 Å². The van der Waals surface area contributed by atoms with Gasteiger partial charge in [0.25, 0.3) is 5.91 Å². The van der Waals surface area contributed by atoms with E-state index >= 15 is 4.39 Å². The quantitative estimate of drug-likeness (QED) is 0.519. The van der Waals surface area contributed by atoms with Crippen LogP contribution in [0.15, 0.2) is 48.5 Å². The lowest BCUT2D eigenvalue weighted by Crippen LogP contribution is -2.44. The minimum absolute atomic E-state index is 0.0216. The van der Waals surface area contributed by atoms with E-state index in [1.54, 1.807) is 12.1 Å². The van der Waals surface area contributed by atoms with E-state index in [1.165, 1.54) is 47.6 Å². The second kappa shape index (κ2) is 8.44. The van der Waals surface area contributed by atoms with Crippen LogP contribution in [0.3, 0.4) is 0 Å². The van der Waals surface area contributed by atoms with Crippen molar-refractivity contribution in [1.29, 1.82) is 0 Å². The average molecular weight is 505 g/mol. The first-order valence-electron chi connectivity index (χ1n) is 11.9. The molecule has 3 aromatic rings. The minimum atomic E-state index is -1.85. The summed E-state index contributed by atoms with van der Waals surface area (Å²) < 4.78 is 30.7. The number of anilines is 1. The summed E-state index contributed by atoms with van der Waals surface area (Å²) in [6.45, 7) is 2.61. The summed E-state index contributed by atoms with van der Waals surface area (Å²) in [5.41, 5.74) is 4.29. The van der Waals surface area contributed by atoms with Gasteiger partial charge in [0.1, 0.15) is 23.2 Å². The lowest BCUT2D eigenvalue weighted by atomic mass is 9.79. The Morgan fingerprint density at radius 3 is 2.68 bits per heavy atom. The molecule has 1 fully saturated rings. The van der Waals surface area contributed by atoms with Crippen LogP contribution in [-0.4, -0.2) is 45.4 Å². The van der Waals surface area contributed by atoms with Crippen LogP contribution in [0.2, 0.25) is 0 Å². The highest BCUT2D eigenvalue weighted by Gasteiger charge is 2.56. The number of hydrogen-bond donors (Lipinski definition) is 2. The topological polar surface area (TPSA) is 97.4 Å². The van der Waals surface area contributed by atoms with Gasteiger partial charge in [-0.25, -0.2) is 8.78 Å². The number of nitrogens with one attached hydrogen (secondary N) is 1. The van der Waals surface area contributed by atoms with Crippen molar-refractivity contribution in [2.75, 3.05) is 11.9 Å². The Kier molecular flexibility index (Phi) is 5.59. The third kappa shape index (κ3) is 3.93. The first-order chi connectivity index (χ1) is 17.4. The van der Waals surface area contributed by atoms with Crippen molar-refractivity contribution in [1.82, 2.24) is 9.47 Å². The molecule has 1 spiro atoms. The van der Waals surface area contributed by atoms with E-state index in [1.807, 2.05) is 12.1 Å². The highest BCUT2D eigenvalue weighted by atomic mass is 19.1. The molecule has 3 atom stereocenters. The smallest absolute Gasteiger partial charge is 0.265 e. The number of likely N-dealkylation sites (tertiary alicyclic amines) is 1. The number of fused-ring (bicyclic) bond motifs is 3. The van der Waals surface area contributed by atoms with E-state index in [2.05, 4.69) is 11.2 Å². The second-order valence-corrected chi connectivity index (χ2v) is 10.3. The summed E-state index contributed by atoms with van der Waals surface area (Å²) >= 11 is 0. The van der Waals surface area contributed by atoms with Crippen molar-refractivity contribution in [3.8, 4) is 12.3 Å². The normalized spacial score (nSPS) is 21.6. The minimum Gasteiger partial charge on any atom is -0.364 e. The number of nitrogens with two attached hydrogens (primary N) is 1. The number of carbonyl (C=O) groups is 3. The second-order valence-electron chi connectivity index (χ2n) is 10.3. The van der Waals surface area contributed by atoms with Gasteiger partial charge in [-0.2, -0.15) is 0 Å². The van der Waals surface area contributed by atoms with Crippen LogP contribution >= 0.6 is 0 Å². The van der Waals surface area contributed by atoms with Crippen LogP contribution in [0, 0.1) is 18.2 Å². The molecule has 3 N–H and O–H groups in total. The number of rotatable bonds is 5. The maximum atomic E-state index is 15.1. The fourth-order valence-electron chi connectivity index (χ4n) is 5.68. The van der Waals surface area contributed by atoms with Crippen molar-refractivity contribution >= 4 is 34.3 Å². The van der Waals surface area contributed by atoms with Crippen molar-refractivity contribution in [2.45, 2.75) is 49.9 Å². The highest BCUT2D eigenvalue weighted by Crippen LogP contribution is 2.47. The number of alkyl halides is 1. The third-order valence-electron chi connectivity index (χ3n) is 7.29. The molecule has 2 aliphatic heterocycles. The molecule has 0 unspecified atom stereocenters. The molecular weight excluding hydrogens is 478 g/mol. The van der Waals surface area contributed by atoms with Crippen molar-refractivity contribution < 1.29 is 23.2 Å². The van der Waals surface area contributed by atoms with Gasteiger partial charge in [0.05, 0.1) is 17.0 Å². The van der Waals surface area contributed by atoms with E-state index < -0.39 is 40.8 Å². The Hall–Kier alpha value is -4.19. The first-order valence-corrected chi connectivity index (χ1v) is 11.9. The largest absolute Gasteiger partial charge is 0.364 e. The van der Waals surface area contributed by atoms with Crippen LogP contribution in [-0.2, 0) is 15.0 Å². The summed E-state index contributed by atoms with van der Waals surface area (Å²) in [6.07, 6.45) is 5.68. The van der Waals surface area contributed by atoms with Crippen LogP contribution < -0.4 is 11.1 Å². The van der Waals surface area contributed by atoms with E-state index in [-0.39, 0.29) is 36.5 Å². The Bertz CT molecular complexity index is 1500. The number of benzene rings is 2. The summed E-state index contributed by atoms with van der Waals surface area (Å²) in [4.78, 5) is 41.2. The number of halogens is 2. The summed E-state index contributed by atoms with van der Waals surface area (Å²) in [5, 5.41) is 3.34. The van der Waals surface area contributed by atoms with Gasteiger partial charge in [-0.05, 0) is 56.2 Å². The maximum absolute atomic E-state index is 15.1. The van der Waals surface area contributed by atoms with Gasteiger partial charge in [0.15, 0.2) is 0 Å². The fourth-order valence-corrected chi connectivity index (χ4v) is 5.68. The molecule has 2 aromatic carbocycles. The molecule has 3 heterocycles. The molecule has 1 aromatic heterocycles. The molecular formula is C28H26F2N4O3. The number of nitrogens with zero attached hydrogens (tertiary/aromatic N) is 2. The van der Waals surface area contributed by atoms with E-state index in [9.17, 15) is 18.8 Å². The number of aromatic nitrogens is 1. The third-order valence-corrected chi connectivity index (χ3v) is 7.29. The maximum Gasteiger partial charge on any atom is 0.265 e. The zero-order valence-corrected chi connectivity index (χ0v) is 20.4. The van der Waals surface area contributed by atoms with Gasteiger partial charge in [0.2, 0.25) is 11.8 Å². The number of para-hydroxylation sites is 1. The Morgan fingerprint density at radius 1 is 1.27 bits per heavy atom. The monoisotopic (exact) mass is 504 g/mol. The Labute approximate surface area is 212 Å². The van der Waals surface area contributed by atoms with Crippen molar-refractivity contribution in [3.63, 3.8) is 0 Å². The van der Waals surface area contributed by atoms with Crippen LogP contribution in [0.4, 0.5) is 14.5 Å². The van der Waals surface area contributed by atoms with Gasteiger partial charge in [-0.3, -0.25) is 14.4 Å². The predicted octanol–water partition coefficient (Wildman–Crippen LogP) is 3.68. The van der Waals surface area contributed by atoms with Crippen molar-refractivity contribution in [3.05, 3.63) is 65.6 Å². The molecule has 7 nitrogen and oxygen atoms in total. The summed E-state index contributed by atoms with van der Waals surface area (Å²) in [7, 11) is 0. The SMILES string of the molecule is C#C[C@@H]1C[C@@]2(CN1C(=O)[C@H](CC(C)(C)F)n1c(C(N)=O)cc3ccc(F)cc31)C(=O)Nc1ccccc12. The Morgan fingerprint density at radius 2 is 2.00 bits per heavy atom. The molecule has 0 aliphatic carbocycles. The number of amides is 3. The molecule has 1 saturated heterocycles. The molecule has 3 amide bonds. The van der Waals surface area contributed by atoms with Crippen molar-refractivity contribution in [2.24, 2.45) is 5.73 Å². The van der Waals surface area contributed by atoms with E-state index in [0.717, 1.165) is 5.56 Å². The average Bonchev–Trinajstić information content (AvgIpc) is 3.49. The molecule has 5 rings (SSSR count). The molecule has 0 saturated carbocycles. The van der Waals surface area contributed by atoms with Gasteiger partial charge in [-0.1, -0.05) is 24.1 Å². The zero-order valence-electron chi connectivity index (χ0n) is 20.4. The highest BCUT2D eigenvalue weighted by molar-refractivity contribution is 6.07. The number of terminal acetylenes is 1. The fraction of sp³-hybridized carbons (Fsp3) is 0.321. The van der Waals surface area contributed by atoms with Crippen LogP contribution in [0.1, 0.15) is 48.8 Å². The lowest BCUT2D eigenvalue weighted by Gasteiger charge is -2.31. The van der Waals surface area contributed by atoms with Crippen LogP contribution in [0.5, 0.6) is 0 Å². The molecule has 0 bridgehead atoms. The lowest BCUT2D eigenvalue weighted by molar-refractivity contribution is -0.136. The zero-order chi connectivity index (χ0) is 26.7. The number of hydrogen-bond acceptors (Lipinski definition) is 3. The summed E-state index contributed by atoms with van der Waals surface area (Å²) in [6, 6.07) is 10.5. The van der Waals surface area contributed by atoms with E-state index in [0.29, 0.717) is 11.1 Å². The Balaban J connectivity index is 1.64. The molecule has 0 radical (unpaired) electrons. The first kappa shape index (κ1) is 24.5. The van der Waals surface area contributed by atoms with E-state index in [4.69, 9.17) is 12.2 Å². The van der Waals surface area contributed by atoms with Crippen LogP contribution in [0.25, 0.3) is 10.9 Å². The van der Waals surface area contributed by atoms with Gasteiger partial charge >= 0.3 is 0 Å². The number of primary amides is 1. The standard InChI is InChI=1S/C28H26F2N4O3/c1-4-18-13-28(19-7-5-6-8-20(19)32-26(28)37)15-33(18)25(36)23(14-27(2,3)30)34-21-12-17(29)10-9-16(21)11-22(34)24(31)35/h1,5-12,18,23H,13-15H2,2-3H3,(H2,31,35)(H,32,37)/t18-,23+,28+/m1/s1. The van der Waals surface area contributed by atoms with Gasteiger partial charge in [0, 0.05) is 24.0 Å². The molecule has 9 heteroatoms. The molecule has 190 valence electrons. The van der Waals surface area contributed by atoms with Gasteiger partial charge < -0.3 is 20.5 Å². The summed E-state index contributed by atoms with van der Waals surface area (Å²) in [5.74, 6) is 0.338. The molecule has 37 heavy (non-hydrogen) atoms. The number of carbonyl (C=O) groups excluding carboxylic acids is 3. The predicted molar refractivity (Wildman–Crippen MR) is 135 cm³/mol. The molecule has 2 aliphatic rings.